The molecule has 2 aromatic carbocycles. The van der Waals surface area contributed by atoms with Crippen molar-refractivity contribution in [2.75, 3.05) is 13.7 Å². The van der Waals surface area contributed by atoms with Gasteiger partial charge in [-0.05, 0) is 24.1 Å². The van der Waals surface area contributed by atoms with Gasteiger partial charge in [0.15, 0.2) is 11.5 Å². The third-order valence-electron chi connectivity index (χ3n) is 5.43. The zero-order valence-electron chi connectivity index (χ0n) is 19.4. The van der Waals surface area contributed by atoms with Crippen molar-refractivity contribution >= 4 is 5.84 Å². The molecule has 1 atom stereocenters. The minimum absolute atomic E-state index is 0.0609. The highest BCUT2D eigenvalue weighted by Crippen LogP contribution is 2.36. The second-order valence-corrected chi connectivity index (χ2v) is 7.77. The Bertz CT molecular complexity index is 1430. The smallest absolute Gasteiger partial charge is 0.350 e. The number of nitrogens with two attached hydrogens (primary N) is 1. The summed E-state index contributed by atoms with van der Waals surface area (Å²) in [4.78, 5) is 23.6. The van der Waals surface area contributed by atoms with E-state index in [-0.39, 0.29) is 41.9 Å². The van der Waals surface area contributed by atoms with E-state index in [4.69, 9.17) is 20.6 Å². The molecule has 0 fully saturated rings. The van der Waals surface area contributed by atoms with Crippen molar-refractivity contribution in [3.8, 4) is 17.4 Å². The van der Waals surface area contributed by atoms with Crippen molar-refractivity contribution in [3.63, 3.8) is 0 Å². The summed E-state index contributed by atoms with van der Waals surface area (Å²) in [5.41, 5.74) is 6.60. The monoisotopic (exact) mass is 489 g/mol. The lowest BCUT2D eigenvalue weighted by atomic mass is 9.90. The molecule has 0 radical (unpaired) electrons. The maximum absolute atomic E-state index is 15.4. The van der Waals surface area contributed by atoms with Crippen molar-refractivity contribution in [3.05, 3.63) is 106 Å². The van der Waals surface area contributed by atoms with Gasteiger partial charge in [0.25, 0.3) is 5.95 Å². The minimum atomic E-state index is -0.720. The molecule has 2 heterocycles. The molecule has 0 saturated heterocycles. The highest BCUT2D eigenvalue weighted by atomic mass is 19.1. The van der Waals surface area contributed by atoms with Gasteiger partial charge in [-0.15, -0.1) is 9.78 Å². The lowest BCUT2D eigenvalue weighted by Crippen LogP contribution is -2.18. The summed E-state index contributed by atoms with van der Waals surface area (Å²) in [7, 11) is 1.42. The number of nitrogens with one attached hydrogen (secondary N) is 2. The van der Waals surface area contributed by atoms with Crippen LogP contribution in [-0.4, -0.2) is 44.3 Å². The van der Waals surface area contributed by atoms with Crippen LogP contribution in [0.2, 0.25) is 0 Å². The fourth-order valence-electron chi connectivity index (χ4n) is 3.68. The van der Waals surface area contributed by atoms with Crippen LogP contribution in [0.5, 0.6) is 11.5 Å². The van der Waals surface area contributed by atoms with Gasteiger partial charge in [-0.1, -0.05) is 36.9 Å². The first-order valence-corrected chi connectivity index (χ1v) is 10.9. The molecule has 4 N–H and O–H groups in total. The van der Waals surface area contributed by atoms with Crippen molar-refractivity contribution < 1.29 is 13.9 Å². The number of amidine groups is 1. The normalized spacial score (nSPS) is 11.6. The van der Waals surface area contributed by atoms with Crippen LogP contribution < -0.4 is 20.9 Å². The third-order valence-corrected chi connectivity index (χ3v) is 5.43. The van der Waals surface area contributed by atoms with Gasteiger partial charge >= 0.3 is 5.69 Å². The average molecular weight is 490 g/mol. The summed E-state index contributed by atoms with van der Waals surface area (Å²) in [6.07, 6.45) is 4.81. The van der Waals surface area contributed by atoms with Gasteiger partial charge in [-0.3, -0.25) is 10.4 Å². The maximum atomic E-state index is 15.4. The Hall–Kier alpha value is -4.80. The SMILES string of the molecule is C=CCOc1cc(C(Cc2ccc(C(=N)N)cc2)c2nn(-c3ncccn3)c(=O)[nH]2)c(F)cc1OC. The Morgan fingerprint density at radius 2 is 1.97 bits per heavy atom. The van der Waals surface area contributed by atoms with Crippen LogP contribution in [0.3, 0.4) is 0 Å². The van der Waals surface area contributed by atoms with Gasteiger partial charge < -0.3 is 15.2 Å². The van der Waals surface area contributed by atoms with E-state index in [1.165, 1.54) is 31.6 Å². The van der Waals surface area contributed by atoms with Crippen LogP contribution in [0, 0.1) is 11.2 Å². The van der Waals surface area contributed by atoms with Crippen LogP contribution in [0.15, 0.2) is 72.3 Å². The third kappa shape index (κ3) is 5.14. The number of rotatable bonds is 10. The van der Waals surface area contributed by atoms with Crippen molar-refractivity contribution in [1.82, 2.24) is 24.7 Å². The zero-order valence-corrected chi connectivity index (χ0v) is 19.4. The highest BCUT2D eigenvalue weighted by Gasteiger charge is 2.26. The predicted molar refractivity (Wildman–Crippen MR) is 131 cm³/mol. The molecule has 184 valence electrons. The second-order valence-electron chi connectivity index (χ2n) is 7.77. The standard InChI is InChI=1S/C25H24FN7O3/c1-3-11-36-21-13-17(19(26)14-20(21)35-2)18(12-15-5-7-16(8-6-15)22(27)28)23-31-25(34)33(32-23)24-29-9-4-10-30-24/h3-10,13-14,18H,1,11-12H2,2H3,(H3,27,28)(H,31,32,34). The van der Waals surface area contributed by atoms with Crippen LogP contribution >= 0.6 is 0 Å². The lowest BCUT2D eigenvalue weighted by molar-refractivity contribution is 0.323. The molecule has 0 spiro atoms. The van der Waals surface area contributed by atoms with E-state index in [1.807, 2.05) is 0 Å². The lowest BCUT2D eigenvalue weighted by Gasteiger charge is -2.19. The molecule has 0 bridgehead atoms. The molecule has 2 aromatic heterocycles. The summed E-state index contributed by atoms with van der Waals surface area (Å²) in [6, 6.07) is 11.4. The number of nitrogens with zero attached hydrogens (tertiary/aromatic N) is 4. The number of ether oxygens (including phenoxy) is 2. The van der Waals surface area contributed by atoms with Crippen molar-refractivity contribution in [1.29, 1.82) is 5.41 Å². The van der Waals surface area contributed by atoms with Gasteiger partial charge in [0, 0.05) is 29.6 Å². The molecule has 0 saturated carbocycles. The number of methoxy groups -OCH3 is 1. The van der Waals surface area contributed by atoms with Gasteiger partial charge in [-0.2, -0.15) is 0 Å². The summed E-state index contributed by atoms with van der Waals surface area (Å²) in [5.74, 6) is -0.508. The molecule has 10 nitrogen and oxygen atoms in total. The van der Waals surface area contributed by atoms with E-state index in [9.17, 15) is 4.79 Å². The van der Waals surface area contributed by atoms with Gasteiger partial charge in [0.05, 0.1) is 13.0 Å². The highest BCUT2D eigenvalue weighted by molar-refractivity contribution is 5.94. The van der Waals surface area contributed by atoms with E-state index in [0.29, 0.717) is 11.3 Å². The first kappa shape index (κ1) is 24.3. The van der Waals surface area contributed by atoms with E-state index in [2.05, 4.69) is 26.6 Å². The zero-order chi connectivity index (χ0) is 25.7. The fraction of sp³-hybridized carbons (Fsp3) is 0.160. The summed E-state index contributed by atoms with van der Waals surface area (Å²) in [5, 5.41) is 12.0. The molecule has 0 aliphatic heterocycles. The Morgan fingerprint density at radius 1 is 1.25 bits per heavy atom. The number of halogens is 1. The Kier molecular flexibility index (Phi) is 7.19. The molecule has 36 heavy (non-hydrogen) atoms. The molecule has 4 aromatic rings. The second kappa shape index (κ2) is 10.6. The van der Waals surface area contributed by atoms with Gasteiger partial charge in [0.1, 0.15) is 24.1 Å². The number of benzene rings is 2. The van der Waals surface area contributed by atoms with Crippen LogP contribution in [0.4, 0.5) is 4.39 Å². The fourth-order valence-corrected chi connectivity index (χ4v) is 3.68. The van der Waals surface area contributed by atoms with Crippen LogP contribution in [-0.2, 0) is 6.42 Å². The van der Waals surface area contributed by atoms with E-state index in [1.54, 1.807) is 36.4 Å². The Morgan fingerprint density at radius 3 is 2.61 bits per heavy atom. The number of aromatic nitrogens is 5. The quantitative estimate of drug-likeness (QED) is 0.176. The summed E-state index contributed by atoms with van der Waals surface area (Å²) >= 11 is 0. The maximum Gasteiger partial charge on any atom is 0.350 e. The number of H-pyrrole nitrogens is 1. The molecule has 0 aliphatic carbocycles. The molecule has 1 unspecified atom stereocenters. The van der Waals surface area contributed by atoms with Gasteiger partial charge in [-0.25, -0.2) is 19.2 Å². The summed E-state index contributed by atoms with van der Waals surface area (Å²) < 4.78 is 27.4. The van der Waals surface area contributed by atoms with E-state index < -0.39 is 17.4 Å². The molecular formula is C25H24FN7O3. The summed E-state index contributed by atoms with van der Waals surface area (Å²) in [6.45, 7) is 3.83. The molecule has 4 rings (SSSR count). The van der Waals surface area contributed by atoms with Crippen molar-refractivity contribution in [2.45, 2.75) is 12.3 Å². The Balaban J connectivity index is 1.83. The van der Waals surface area contributed by atoms with Crippen LogP contribution in [0.1, 0.15) is 28.4 Å². The predicted octanol–water partition coefficient (Wildman–Crippen LogP) is 2.72. The molecule has 11 heteroatoms. The average Bonchev–Trinajstić information content (AvgIpc) is 3.28. The number of aromatic amines is 1. The van der Waals surface area contributed by atoms with Gasteiger partial charge in [0.2, 0.25) is 0 Å². The topological polar surface area (TPSA) is 145 Å². The first-order chi connectivity index (χ1) is 17.4. The van der Waals surface area contributed by atoms with E-state index >= 15 is 4.39 Å². The molecular weight excluding hydrogens is 465 g/mol. The number of hydrogen-bond donors (Lipinski definition) is 3. The largest absolute Gasteiger partial charge is 0.493 e. The molecule has 0 amide bonds. The Labute approximate surface area is 205 Å². The molecule has 0 aliphatic rings. The number of hydrogen-bond acceptors (Lipinski definition) is 7. The van der Waals surface area contributed by atoms with Crippen molar-refractivity contribution in [2.24, 2.45) is 5.73 Å². The minimum Gasteiger partial charge on any atom is -0.493 e. The van der Waals surface area contributed by atoms with Crippen LogP contribution in [0.25, 0.3) is 5.95 Å². The van der Waals surface area contributed by atoms with E-state index in [0.717, 1.165) is 10.2 Å². The number of nitrogen functional groups attached to an aromatic ring is 1. The first-order valence-electron chi connectivity index (χ1n) is 10.9.